The van der Waals surface area contributed by atoms with Gasteiger partial charge in [0.2, 0.25) is 23.3 Å². The number of unbranched alkanes of at least 4 members (excludes halogenated alkanes) is 1. The first-order valence-corrected chi connectivity index (χ1v) is 25.3. The number of guanidine groups is 2. The van der Waals surface area contributed by atoms with Crippen molar-refractivity contribution in [3.05, 3.63) is 23.7 Å². The van der Waals surface area contributed by atoms with Crippen molar-refractivity contribution in [3.63, 3.8) is 0 Å². The molecule has 2 rings (SSSR count). The second-order valence-corrected chi connectivity index (χ2v) is 18.0. The topological polar surface area (TPSA) is 457 Å². The summed E-state index contributed by atoms with van der Waals surface area (Å²) in [7, 11) is 2.74. The molecule has 15 N–H and O–H groups in total. The number of aliphatic imine (C=N–C) groups is 2. The molecule has 0 saturated heterocycles. The van der Waals surface area contributed by atoms with Crippen LogP contribution in [0, 0.1) is 5.92 Å². The molecule has 0 aromatic rings. The number of carboxylic acid groups (broad SMARTS) is 2. The van der Waals surface area contributed by atoms with Crippen LogP contribution in [0.15, 0.2) is 33.7 Å². The van der Waals surface area contributed by atoms with E-state index < -0.39 is 121 Å². The van der Waals surface area contributed by atoms with Crippen LogP contribution in [0.5, 0.6) is 0 Å². The number of aliphatic carboxylic acids is 2. The number of carboxylic acids is 2. The Morgan fingerprint density at radius 1 is 0.641 bits per heavy atom. The first kappa shape index (κ1) is 67.8. The summed E-state index contributed by atoms with van der Waals surface area (Å²) >= 11 is 0. The molecule has 78 heavy (non-hydrogen) atoms. The van der Waals surface area contributed by atoms with Gasteiger partial charge in [-0.1, -0.05) is 13.8 Å². The number of rotatable bonds is 38. The Kier molecular flexibility index (Phi) is 31.9. The molecule has 0 aliphatic carbocycles. The number of aliphatic hydroxyl groups is 4. The summed E-state index contributed by atoms with van der Waals surface area (Å²) in [4.78, 5) is 88.2. The molecule has 0 aromatic carbocycles. The number of carbonyl (C=O) groups is 6. The van der Waals surface area contributed by atoms with Gasteiger partial charge in [0, 0.05) is 59.7 Å². The molecule has 4 amide bonds. The van der Waals surface area contributed by atoms with Crippen molar-refractivity contribution in [2.45, 2.75) is 101 Å². The van der Waals surface area contributed by atoms with Crippen molar-refractivity contribution in [2.75, 3.05) is 120 Å². The Morgan fingerprint density at radius 2 is 1.08 bits per heavy atom. The van der Waals surface area contributed by atoms with Crippen LogP contribution in [0.4, 0.5) is 9.59 Å². The summed E-state index contributed by atoms with van der Waals surface area (Å²) in [5.41, 5.74) is 22.2. The van der Waals surface area contributed by atoms with Gasteiger partial charge in [0.15, 0.2) is 30.2 Å². The van der Waals surface area contributed by atoms with Gasteiger partial charge in [-0.15, -0.1) is 0 Å². The van der Waals surface area contributed by atoms with E-state index in [9.17, 15) is 59.4 Å². The number of amides is 4. The number of nitrogens with two attached hydrogens (primary N) is 4. The zero-order valence-electron chi connectivity index (χ0n) is 44.9. The molecule has 0 spiro atoms. The van der Waals surface area contributed by atoms with E-state index in [1.807, 2.05) is 6.92 Å². The van der Waals surface area contributed by atoms with Crippen LogP contribution in [0.2, 0.25) is 0 Å². The third-order valence-electron chi connectivity index (χ3n) is 11.7. The quantitative estimate of drug-likeness (QED) is 0.0161. The summed E-state index contributed by atoms with van der Waals surface area (Å²) in [5, 5.41) is 63.2. The van der Waals surface area contributed by atoms with Gasteiger partial charge in [-0.3, -0.25) is 9.59 Å². The van der Waals surface area contributed by atoms with Crippen molar-refractivity contribution >= 4 is 47.9 Å². The number of aliphatic hydroxyl groups excluding tert-OH is 4. The van der Waals surface area contributed by atoms with E-state index in [-0.39, 0.29) is 77.5 Å². The molecule has 0 aromatic heterocycles. The molecule has 2 aliphatic rings. The van der Waals surface area contributed by atoms with Gasteiger partial charge < -0.3 is 116 Å². The summed E-state index contributed by atoms with van der Waals surface area (Å²) in [5.74, 6) is -6.78. The molecule has 31 nitrogen and oxygen atoms in total. The maximum atomic E-state index is 13.5. The first-order chi connectivity index (χ1) is 37.1. The lowest BCUT2D eigenvalue weighted by atomic mass is 9.87. The summed E-state index contributed by atoms with van der Waals surface area (Å²) in [6.45, 7) is 5.94. The summed E-state index contributed by atoms with van der Waals surface area (Å²) in [6, 6.07) is -3.48. The maximum absolute atomic E-state index is 13.5. The highest BCUT2D eigenvalue weighted by Crippen LogP contribution is 2.31. The Bertz CT molecular complexity index is 1990. The van der Waals surface area contributed by atoms with Crippen molar-refractivity contribution in [3.8, 4) is 0 Å². The van der Waals surface area contributed by atoms with E-state index in [1.165, 1.54) is 25.1 Å². The van der Waals surface area contributed by atoms with E-state index >= 15 is 0 Å². The molecule has 2 aliphatic heterocycles. The molecule has 0 radical (unpaired) electrons. The third kappa shape index (κ3) is 24.6. The molecule has 2 heterocycles. The largest absolute Gasteiger partial charge is 0.479 e. The Hall–Kier alpha value is -6.32. The Balaban J connectivity index is 2.09. The molecule has 0 saturated carbocycles. The van der Waals surface area contributed by atoms with E-state index in [0.717, 1.165) is 29.2 Å². The van der Waals surface area contributed by atoms with Crippen LogP contribution in [0.1, 0.15) is 46.5 Å². The number of nitrogens with one attached hydrogen (secondary N) is 1. The van der Waals surface area contributed by atoms with Crippen molar-refractivity contribution in [2.24, 2.45) is 38.8 Å². The van der Waals surface area contributed by atoms with E-state index in [2.05, 4.69) is 15.3 Å². The van der Waals surface area contributed by atoms with Crippen LogP contribution in [0.3, 0.4) is 0 Å². The smallest absolute Gasteiger partial charge is 0.410 e. The number of ether oxygens (including phenoxy) is 9. The molecule has 31 heteroatoms. The van der Waals surface area contributed by atoms with Crippen LogP contribution in [-0.4, -0.2) is 268 Å². The van der Waals surface area contributed by atoms with Crippen molar-refractivity contribution in [1.29, 1.82) is 0 Å². The molecular weight excluding hydrogens is 1040 g/mol. The Morgan fingerprint density at radius 3 is 1.58 bits per heavy atom. The molecule has 0 fully saturated rings. The van der Waals surface area contributed by atoms with Gasteiger partial charge in [-0.05, 0) is 31.4 Å². The highest BCUT2D eigenvalue weighted by molar-refractivity contribution is 5.86. The number of nitrogens with zero attached hydrogens (tertiary/aromatic N) is 5. The van der Waals surface area contributed by atoms with Crippen LogP contribution in [-0.2, 0) is 61.8 Å². The lowest BCUT2D eigenvalue weighted by molar-refractivity contribution is -0.148. The maximum Gasteiger partial charge on any atom is 0.410 e. The van der Waals surface area contributed by atoms with Crippen molar-refractivity contribution < 1.29 is 102 Å². The second-order valence-electron chi connectivity index (χ2n) is 18.0. The van der Waals surface area contributed by atoms with Gasteiger partial charge >= 0.3 is 24.1 Å². The molecule has 10 atom stereocenters. The van der Waals surface area contributed by atoms with Gasteiger partial charge in [0.05, 0.1) is 97.2 Å². The van der Waals surface area contributed by atoms with E-state index in [0.29, 0.717) is 45.9 Å². The zero-order valence-corrected chi connectivity index (χ0v) is 44.9. The monoisotopic (exact) mass is 1120 g/mol. The number of hydrogen-bond acceptors (Lipinski definition) is 21. The van der Waals surface area contributed by atoms with E-state index in [1.54, 1.807) is 6.92 Å². The predicted molar refractivity (Wildman–Crippen MR) is 274 cm³/mol. The van der Waals surface area contributed by atoms with Gasteiger partial charge in [-0.25, -0.2) is 29.2 Å². The lowest BCUT2D eigenvalue weighted by Gasteiger charge is -2.40. The zero-order chi connectivity index (χ0) is 58.3. The first-order valence-electron chi connectivity index (χ1n) is 25.3. The fourth-order valence-electron chi connectivity index (χ4n) is 7.65. The fraction of sp³-hybridized carbons (Fsp3) is 0.745. The lowest BCUT2D eigenvalue weighted by Crippen LogP contribution is -2.61. The third-order valence-corrected chi connectivity index (χ3v) is 11.7. The minimum atomic E-state index is -1.84. The highest BCUT2D eigenvalue weighted by atomic mass is 16.6. The number of likely N-dealkylation sites (N-methyl/N-ethyl adjacent to an activating group) is 1. The molecule has 446 valence electrons. The van der Waals surface area contributed by atoms with E-state index in [4.69, 9.17) is 65.6 Å². The number of hydrogen-bond donors (Lipinski definition) is 11. The molecular formula is C47H82N10O21. The predicted octanol–water partition coefficient (Wildman–Crippen LogP) is -3.78. The fourth-order valence-corrected chi connectivity index (χ4v) is 7.65. The SMILES string of the molecule is CCCOCCOCCOCCOCCC(=O)N(CCCCN(C)C(=O)OC([C@H](O)CO)[C@@H]1OC(C(=O)O)=C[C@H](N=C(N)N)[C@H]1NC(C)=O)CCOCCN(C)C(=O)O[C@@H]([C@@H]1OC(C(=O)O)=C[C@H](N=C(N)N)[C@H]1C)[C@H](O)CO. The normalized spacial score (nSPS) is 20.4. The summed E-state index contributed by atoms with van der Waals surface area (Å²) in [6.07, 6.45) is -8.07. The average Bonchev–Trinajstić information content (AvgIpc) is 3.38. The second kappa shape index (κ2) is 36.7. The van der Waals surface area contributed by atoms with Crippen molar-refractivity contribution in [1.82, 2.24) is 20.0 Å². The van der Waals surface area contributed by atoms with Gasteiger partial charge in [0.25, 0.3) is 0 Å². The van der Waals surface area contributed by atoms with Crippen LogP contribution < -0.4 is 28.3 Å². The summed E-state index contributed by atoms with van der Waals surface area (Å²) < 4.78 is 50.1. The van der Waals surface area contributed by atoms with Crippen LogP contribution >= 0.6 is 0 Å². The van der Waals surface area contributed by atoms with Gasteiger partial charge in [0.1, 0.15) is 18.3 Å². The average molecular weight is 1120 g/mol. The molecule has 0 bridgehead atoms. The Labute approximate surface area is 452 Å². The standard InChI is InChI=1S/C47H82N10O21/c1-6-14-70-18-20-73-22-23-74-21-19-71-15-9-36(63)57(13-17-72-16-12-56(5)47(69)77-39(32(61)26-58)38-28(2)30(53-44(48)49)24-34(75-38)42(64)65)11-8-7-10-55(4)46(68)78-40(33(62)27-59)41-37(52-29(3)60)31(54-45(50)51)25-35(76-41)43(66)67/h24-25,28,30-33,37-41,58-59,61-62H,6-23,26-27H2,1-5H3,(H,52,60)(H,64,65)(H,66,67)(H4,48,49,53)(H4,50,51,54)/t28-,30+,31+,32-,33-,37-,38-,39-,40?,41-/m1/s1. The minimum absolute atomic E-state index is 0.00176. The van der Waals surface area contributed by atoms with Crippen LogP contribution in [0.25, 0.3) is 0 Å². The highest BCUT2D eigenvalue weighted by Gasteiger charge is 2.47. The molecule has 1 unspecified atom stereocenters. The number of carbonyl (C=O) groups excluding carboxylic acids is 4. The minimum Gasteiger partial charge on any atom is -0.479 e. The van der Waals surface area contributed by atoms with Gasteiger partial charge in [-0.2, -0.15) is 0 Å².